The van der Waals surface area contributed by atoms with Crippen molar-refractivity contribution in [2.75, 3.05) is 7.11 Å². The molecule has 0 spiro atoms. The second kappa shape index (κ2) is 5.18. The van der Waals surface area contributed by atoms with Gasteiger partial charge in [-0.3, -0.25) is 4.79 Å². The van der Waals surface area contributed by atoms with Crippen LogP contribution in [0.4, 0.5) is 0 Å². The van der Waals surface area contributed by atoms with Crippen LogP contribution < -0.4 is 4.74 Å². The Kier molecular flexibility index (Phi) is 3.62. The molecule has 0 unspecified atom stereocenters. The lowest BCUT2D eigenvalue weighted by Gasteiger charge is -2.06. The minimum absolute atomic E-state index is 0.0410. The van der Waals surface area contributed by atoms with E-state index in [1.54, 1.807) is 7.11 Å². The highest BCUT2D eigenvalue weighted by Crippen LogP contribution is 2.33. The van der Waals surface area contributed by atoms with Gasteiger partial charge >= 0.3 is 5.97 Å². The number of nitrogens with zero attached hydrogens (tertiary/aromatic N) is 1. The number of benzene rings is 1. The summed E-state index contributed by atoms with van der Waals surface area (Å²) in [6.07, 6.45) is -0.0410. The summed E-state index contributed by atoms with van der Waals surface area (Å²) in [6.45, 7) is 1.94. The fraction of sp³-hybridized carbons (Fsp3) is 0.231. The fourth-order valence-electron chi connectivity index (χ4n) is 1.75. The van der Waals surface area contributed by atoms with Gasteiger partial charge < -0.3 is 9.84 Å². The molecule has 0 saturated carbocycles. The maximum atomic E-state index is 10.7. The molecule has 0 aliphatic carbocycles. The van der Waals surface area contributed by atoms with E-state index in [4.69, 9.17) is 9.84 Å². The zero-order valence-electron chi connectivity index (χ0n) is 10.1. The van der Waals surface area contributed by atoms with Gasteiger partial charge in [0.05, 0.1) is 19.2 Å². The van der Waals surface area contributed by atoms with Crippen molar-refractivity contribution in [3.63, 3.8) is 0 Å². The molecule has 1 N–H and O–H groups in total. The van der Waals surface area contributed by atoms with Gasteiger partial charge in [0.1, 0.15) is 10.8 Å². The minimum atomic E-state index is -0.865. The van der Waals surface area contributed by atoms with E-state index >= 15 is 0 Å². The summed E-state index contributed by atoms with van der Waals surface area (Å²) >= 11 is 1.41. The molecule has 0 aliphatic rings. The zero-order chi connectivity index (χ0) is 13.1. The van der Waals surface area contributed by atoms with Gasteiger partial charge in [-0.2, -0.15) is 0 Å². The van der Waals surface area contributed by atoms with Crippen molar-refractivity contribution in [2.24, 2.45) is 0 Å². The summed E-state index contributed by atoms with van der Waals surface area (Å²) in [5.41, 5.74) is 1.69. The second-order valence-electron chi connectivity index (χ2n) is 3.78. The highest BCUT2D eigenvalue weighted by atomic mass is 32.1. The third-order valence-electron chi connectivity index (χ3n) is 2.51. The Bertz CT molecular complexity index is 577. The van der Waals surface area contributed by atoms with Gasteiger partial charge in [0.25, 0.3) is 0 Å². The highest BCUT2D eigenvalue weighted by molar-refractivity contribution is 7.12. The standard InChI is InChI=1S/C13H13NO3S/c1-8-13(14-11(18-8)7-12(15)16)9-5-3-4-6-10(9)17-2/h3-6H,7H2,1-2H3,(H,15,16). The van der Waals surface area contributed by atoms with Crippen LogP contribution in [0.25, 0.3) is 11.3 Å². The molecule has 0 aliphatic heterocycles. The van der Waals surface area contributed by atoms with Gasteiger partial charge in [-0.1, -0.05) is 12.1 Å². The van der Waals surface area contributed by atoms with Crippen LogP contribution in [0.1, 0.15) is 9.88 Å². The number of carboxylic acid groups (broad SMARTS) is 1. The molecule has 94 valence electrons. The Hall–Kier alpha value is -1.88. The summed E-state index contributed by atoms with van der Waals surface area (Å²) in [5, 5.41) is 9.39. The van der Waals surface area contributed by atoms with Crippen molar-refractivity contribution < 1.29 is 14.6 Å². The maximum Gasteiger partial charge on any atom is 0.310 e. The van der Waals surface area contributed by atoms with Crippen molar-refractivity contribution in [1.29, 1.82) is 0 Å². The van der Waals surface area contributed by atoms with Crippen LogP contribution in [0.15, 0.2) is 24.3 Å². The predicted molar refractivity (Wildman–Crippen MR) is 70.2 cm³/mol. The van der Waals surface area contributed by atoms with Crippen molar-refractivity contribution in [2.45, 2.75) is 13.3 Å². The van der Waals surface area contributed by atoms with Crippen molar-refractivity contribution in [3.05, 3.63) is 34.2 Å². The largest absolute Gasteiger partial charge is 0.496 e. The number of hydrogen-bond acceptors (Lipinski definition) is 4. The normalized spacial score (nSPS) is 10.3. The van der Waals surface area contributed by atoms with Gasteiger partial charge in [-0.15, -0.1) is 11.3 Å². The maximum absolute atomic E-state index is 10.7. The van der Waals surface area contributed by atoms with Crippen molar-refractivity contribution in [3.8, 4) is 17.0 Å². The summed E-state index contributed by atoms with van der Waals surface area (Å²) in [5.74, 6) is -0.122. The third kappa shape index (κ3) is 2.51. The Balaban J connectivity index is 2.44. The zero-order valence-corrected chi connectivity index (χ0v) is 11.0. The fourth-order valence-corrected chi connectivity index (χ4v) is 2.68. The first-order chi connectivity index (χ1) is 8.61. The second-order valence-corrected chi connectivity index (χ2v) is 5.07. The van der Waals surface area contributed by atoms with Crippen molar-refractivity contribution in [1.82, 2.24) is 4.98 Å². The first kappa shape index (κ1) is 12.6. The topological polar surface area (TPSA) is 59.4 Å². The first-order valence-corrected chi connectivity index (χ1v) is 6.25. The lowest BCUT2D eigenvalue weighted by molar-refractivity contribution is -0.136. The third-order valence-corrected chi connectivity index (χ3v) is 3.48. The van der Waals surface area contributed by atoms with E-state index in [0.29, 0.717) is 5.01 Å². The van der Waals surface area contributed by atoms with E-state index in [9.17, 15) is 4.79 Å². The average molecular weight is 263 g/mol. The molecule has 0 saturated heterocycles. The molecule has 2 aromatic rings. The Labute approximate surface area is 109 Å². The molecule has 2 rings (SSSR count). The molecule has 0 radical (unpaired) electrons. The summed E-state index contributed by atoms with van der Waals surface area (Å²) in [7, 11) is 1.61. The van der Waals surface area contributed by atoms with Crippen molar-refractivity contribution >= 4 is 17.3 Å². The number of carboxylic acids is 1. The molecule has 1 heterocycles. The molecular weight excluding hydrogens is 250 g/mol. The van der Waals surface area contributed by atoms with E-state index in [1.165, 1.54) is 11.3 Å². The predicted octanol–water partition coefficient (Wildman–Crippen LogP) is 2.75. The summed E-state index contributed by atoms with van der Waals surface area (Å²) < 4.78 is 5.29. The van der Waals surface area contributed by atoms with E-state index in [1.807, 2.05) is 31.2 Å². The van der Waals surface area contributed by atoms with Crippen LogP contribution >= 0.6 is 11.3 Å². The average Bonchev–Trinajstić information content (AvgIpc) is 2.69. The number of carbonyl (C=O) groups is 1. The number of thiazole rings is 1. The Morgan fingerprint density at radius 3 is 2.83 bits per heavy atom. The SMILES string of the molecule is COc1ccccc1-c1nc(CC(=O)O)sc1C. The molecule has 4 nitrogen and oxygen atoms in total. The number of para-hydroxylation sites is 1. The molecule has 0 atom stereocenters. The van der Waals surface area contributed by atoms with Crippen LogP contribution in [0.5, 0.6) is 5.75 Å². The number of rotatable bonds is 4. The Morgan fingerprint density at radius 1 is 1.44 bits per heavy atom. The summed E-state index contributed by atoms with van der Waals surface area (Å²) in [4.78, 5) is 16.1. The van der Waals surface area contributed by atoms with Crippen LogP contribution in [0.2, 0.25) is 0 Å². The first-order valence-electron chi connectivity index (χ1n) is 5.43. The molecule has 5 heteroatoms. The van der Waals surface area contributed by atoms with E-state index < -0.39 is 5.97 Å². The van der Waals surface area contributed by atoms with E-state index in [0.717, 1.165) is 21.9 Å². The molecular formula is C13H13NO3S. The van der Waals surface area contributed by atoms with Gasteiger partial charge in [0, 0.05) is 10.4 Å². The van der Waals surface area contributed by atoms with Gasteiger partial charge in [0.2, 0.25) is 0 Å². The molecule has 1 aromatic carbocycles. The number of aromatic nitrogens is 1. The quantitative estimate of drug-likeness (QED) is 0.921. The summed E-state index contributed by atoms with van der Waals surface area (Å²) in [6, 6.07) is 7.59. The molecule has 0 bridgehead atoms. The van der Waals surface area contributed by atoms with E-state index in [-0.39, 0.29) is 6.42 Å². The van der Waals surface area contributed by atoms with Crippen LogP contribution in [-0.4, -0.2) is 23.2 Å². The highest BCUT2D eigenvalue weighted by Gasteiger charge is 2.14. The number of ether oxygens (including phenoxy) is 1. The minimum Gasteiger partial charge on any atom is -0.496 e. The molecule has 1 aromatic heterocycles. The van der Waals surface area contributed by atoms with Crippen LogP contribution in [0.3, 0.4) is 0 Å². The molecule has 0 amide bonds. The van der Waals surface area contributed by atoms with Crippen LogP contribution in [-0.2, 0) is 11.2 Å². The monoisotopic (exact) mass is 263 g/mol. The number of methoxy groups -OCH3 is 1. The van der Waals surface area contributed by atoms with Gasteiger partial charge in [-0.25, -0.2) is 4.98 Å². The van der Waals surface area contributed by atoms with Crippen LogP contribution in [0, 0.1) is 6.92 Å². The number of hydrogen-bond donors (Lipinski definition) is 1. The lowest BCUT2D eigenvalue weighted by Crippen LogP contribution is -1.99. The lowest BCUT2D eigenvalue weighted by atomic mass is 10.1. The van der Waals surface area contributed by atoms with Gasteiger partial charge in [-0.05, 0) is 19.1 Å². The van der Waals surface area contributed by atoms with E-state index in [2.05, 4.69) is 4.98 Å². The smallest absolute Gasteiger partial charge is 0.310 e. The number of aliphatic carboxylic acids is 1. The molecule has 18 heavy (non-hydrogen) atoms. The Morgan fingerprint density at radius 2 is 2.17 bits per heavy atom. The molecule has 0 fully saturated rings. The van der Waals surface area contributed by atoms with Gasteiger partial charge in [0.15, 0.2) is 0 Å². The number of aryl methyl sites for hydroxylation is 1.